The van der Waals surface area contributed by atoms with Crippen LogP contribution in [0.1, 0.15) is 38.8 Å². The molecule has 1 aromatic heterocycles. The molecular weight excluding hydrogens is 222 g/mol. The molecule has 0 radical (unpaired) electrons. The number of nitrogen functional groups attached to an aromatic ring is 1. The molecule has 0 amide bonds. The summed E-state index contributed by atoms with van der Waals surface area (Å²) in [5.74, 6) is 0.604. The number of H-pyrrole nitrogens is 1. The zero-order chi connectivity index (χ0) is 13.3. The van der Waals surface area contributed by atoms with E-state index >= 15 is 0 Å². The molecule has 0 aliphatic heterocycles. The highest BCUT2D eigenvalue weighted by Gasteiger charge is 2.15. The fourth-order valence-corrected chi connectivity index (χ4v) is 2.11. The van der Waals surface area contributed by atoms with Crippen molar-refractivity contribution < 1.29 is 0 Å². The van der Waals surface area contributed by atoms with Gasteiger partial charge in [0.05, 0.1) is 5.69 Å². The first-order chi connectivity index (χ1) is 8.43. The lowest BCUT2D eigenvalue weighted by Crippen LogP contribution is -2.10. The van der Waals surface area contributed by atoms with Crippen LogP contribution in [0, 0.1) is 0 Å². The first-order valence-corrected chi connectivity index (χ1v) is 6.37. The van der Waals surface area contributed by atoms with Crippen molar-refractivity contribution in [3.63, 3.8) is 0 Å². The molecule has 2 aromatic rings. The Kier molecular flexibility index (Phi) is 3.16. The first-order valence-electron chi connectivity index (χ1n) is 6.37. The van der Waals surface area contributed by atoms with Crippen LogP contribution >= 0.6 is 0 Å². The molecule has 0 atom stereocenters. The lowest BCUT2D eigenvalue weighted by Gasteiger charge is -2.19. The minimum atomic E-state index is 0.180. The molecule has 0 bridgehead atoms. The predicted molar refractivity (Wildman–Crippen MR) is 76.5 cm³/mol. The third kappa shape index (κ3) is 2.26. The second kappa shape index (κ2) is 4.48. The Labute approximate surface area is 108 Å². The van der Waals surface area contributed by atoms with Gasteiger partial charge in [0.15, 0.2) is 0 Å². The summed E-state index contributed by atoms with van der Waals surface area (Å²) in [6.07, 6.45) is 0.888. The smallest absolute Gasteiger partial charge is 0.149 e. The lowest BCUT2D eigenvalue weighted by atomic mass is 9.86. The Balaban J connectivity index is 2.40. The molecular formula is C15H21N3. The third-order valence-corrected chi connectivity index (χ3v) is 3.29. The number of aromatic nitrogens is 2. The van der Waals surface area contributed by atoms with Crippen molar-refractivity contribution in [3.8, 4) is 11.3 Å². The van der Waals surface area contributed by atoms with Crippen LogP contribution in [0.15, 0.2) is 24.3 Å². The Morgan fingerprint density at radius 3 is 2.28 bits per heavy atom. The highest BCUT2D eigenvalue weighted by Crippen LogP contribution is 2.28. The van der Waals surface area contributed by atoms with Gasteiger partial charge in [-0.05, 0) is 23.0 Å². The van der Waals surface area contributed by atoms with E-state index in [1.165, 1.54) is 5.56 Å². The van der Waals surface area contributed by atoms with Crippen LogP contribution in [0.2, 0.25) is 0 Å². The quantitative estimate of drug-likeness (QED) is 0.848. The summed E-state index contributed by atoms with van der Waals surface area (Å²) in [4.78, 5) is 0. The predicted octanol–water partition coefficient (Wildman–Crippen LogP) is 3.52. The molecule has 1 aromatic carbocycles. The standard InChI is InChI=1S/C15H21N3/c1-5-12-13(17-18-14(12)16)10-6-8-11(9-7-10)15(2,3)4/h6-9H,5H2,1-4H3,(H3,16,17,18). The lowest BCUT2D eigenvalue weighted by molar-refractivity contribution is 0.590. The Morgan fingerprint density at radius 2 is 1.78 bits per heavy atom. The number of benzene rings is 1. The molecule has 0 aliphatic carbocycles. The van der Waals surface area contributed by atoms with Gasteiger partial charge in [0.1, 0.15) is 5.82 Å². The van der Waals surface area contributed by atoms with Crippen molar-refractivity contribution >= 4 is 5.82 Å². The van der Waals surface area contributed by atoms with Gasteiger partial charge in [-0.2, -0.15) is 5.10 Å². The Morgan fingerprint density at radius 1 is 1.17 bits per heavy atom. The minimum Gasteiger partial charge on any atom is -0.382 e. The topological polar surface area (TPSA) is 54.7 Å². The second-order valence-corrected chi connectivity index (χ2v) is 5.64. The molecule has 96 valence electrons. The van der Waals surface area contributed by atoms with Crippen molar-refractivity contribution in [2.45, 2.75) is 39.5 Å². The van der Waals surface area contributed by atoms with Crippen LogP contribution in [-0.2, 0) is 11.8 Å². The molecule has 1 heterocycles. The molecule has 0 aliphatic rings. The van der Waals surface area contributed by atoms with E-state index in [0.717, 1.165) is 23.2 Å². The van der Waals surface area contributed by atoms with Gasteiger partial charge in [0.2, 0.25) is 0 Å². The molecule has 3 nitrogen and oxygen atoms in total. The van der Waals surface area contributed by atoms with Crippen molar-refractivity contribution in [1.29, 1.82) is 0 Å². The minimum absolute atomic E-state index is 0.180. The average molecular weight is 243 g/mol. The van der Waals surface area contributed by atoms with Gasteiger partial charge < -0.3 is 5.73 Å². The van der Waals surface area contributed by atoms with Gasteiger partial charge in [0, 0.05) is 5.56 Å². The van der Waals surface area contributed by atoms with E-state index in [2.05, 4.69) is 62.2 Å². The molecule has 0 unspecified atom stereocenters. The van der Waals surface area contributed by atoms with Crippen LogP contribution in [0.3, 0.4) is 0 Å². The fraction of sp³-hybridized carbons (Fsp3) is 0.400. The number of nitrogens with zero attached hydrogens (tertiary/aromatic N) is 1. The van der Waals surface area contributed by atoms with Crippen LogP contribution in [0.5, 0.6) is 0 Å². The maximum Gasteiger partial charge on any atom is 0.149 e. The van der Waals surface area contributed by atoms with Gasteiger partial charge >= 0.3 is 0 Å². The maximum absolute atomic E-state index is 5.85. The fourth-order valence-electron chi connectivity index (χ4n) is 2.11. The summed E-state index contributed by atoms with van der Waals surface area (Å²) < 4.78 is 0. The summed E-state index contributed by atoms with van der Waals surface area (Å²) in [6, 6.07) is 8.61. The maximum atomic E-state index is 5.85. The van der Waals surface area contributed by atoms with Gasteiger partial charge in [-0.25, -0.2) is 0 Å². The van der Waals surface area contributed by atoms with Gasteiger partial charge in [-0.15, -0.1) is 0 Å². The largest absolute Gasteiger partial charge is 0.382 e. The zero-order valence-electron chi connectivity index (χ0n) is 11.5. The van der Waals surface area contributed by atoms with Crippen molar-refractivity contribution in [1.82, 2.24) is 10.2 Å². The normalized spacial score (nSPS) is 11.8. The van der Waals surface area contributed by atoms with E-state index < -0.39 is 0 Å². The van der Waals surface area contributed by atoms with E-state index in [9.17, 15) is 0 Å². The van der Waals surface area contributed by atoms with E-state index in [1.807, 2.05) is 0 Å². The SMILES string of the molecule is CCc1c(N)n[nH]c1-c1ccc(C(C)(C)C)cc1. The molecule has 3 N–H and O–H groups in total. The van der Waals surface area contributed by atoms with Gasteiger partial charge in [-0.3, -0.25) is 5.10 Å². The Bertz CT molecular complexity index is 530. The number of aromatic amines is 1. The highest BCUT2D eigenvalue weighted by molar-refractivity contribution is 5.68. The summed E-state index contributed by atoms with van der Waals surface area (Å²) in [7, 11) is 0. The van der Waals surface area contributed by atoms with Gasteiger partial charge in [0.25, 0.3) is 0 Å². The monoisotopic (exact) mass is 243 g/mol. The summed E-state index contributed by atoms with van der Waals surface area (Å²) in [6.45, 7) is 8.74. The molecule has 0 fully saturated rings. The van der Waals surface area contributed by atoms with Crippen molar-refractivity contribution in [2.75, 3.05) is 5.73 Å². The molecule has 2 rings (SSSR count). The van der Waals surface area contributed by atoms with E-state index in [0.29, 0.717) is 5.82 Å². The Hall–Kier alpha value is -1.77. The first kappa shape index (κ1) is 12.7. The number of nitrogens with two attached hydrogens (primary N) is 1. The summed E-state index contributed by atoms with van der Waals surface area (Å²) in [5.41, 5.74) is 10.6. The highest BCUT2D eigenvalue weighted by atomic mass is 15.2. The molecule has 0 saturated carbocycles. The van der Waals surface area contributed by atoms with E-state index in [1.54, 1.807) is 0 Å². The van der Waals surface area contributed by atoms with Crippen LogP contribution in [0.4, 0.5) is 5.82 Å². The van der Waals surface area contributed by atoms with E-state index in [4.69, 9.17) is 5.73 Å². The second-order valence-electron chi connectivity index (χ2n) is 5.64. The van der Waals surface area contributed by atoms with Crippen LogP contribution < -0.4 is 5.73 Å². The van der Waals surface area contributed by atoms with E-state index in [-0.39, 0.29) is 5.41 Å². The molecule has 0 spiro atoms. The average Bonchev–Trinajstić information content (AvgIpc) is 2.69. The number of anilines is 1. The number of rotatable bonds is 2. The molecule has 0 saturated heterocycles. The molecule has 18 heavy (non-hydrogen) atoms. The number of nitrogens with one attached hydrogen (secondary N) is 1. The molecule has 3 heteroatoms. The zero-order valence-corrected chi connectivity index (χ0v) is 11.5. The third-order valence-electron chi connectivity index (χ3n) is 3.29. The summed E-state index contributed by atoms with van der Waals surface area (Å²) >= 11 is 0. The van der Waals surface area contributed by atoms with Crippen molar-refractivity contribution in [3.05, 3.63) is 35.4 Å². The summed E-state index contributed by atoms with van der Waals surface area (Å²) in [5, 5.41) is 7.11. The number of hydrogen-bond donors (Lipinski definition) is 2. The number of hydrogen-bond acceptors (Lipinski definition) is 2. The van der Waals surface area contributed by atoms with Gasteiger partial charge in [-0.1, -0.05) is 52.0 Å². The van der Waals surface area contributed by atoms with Crippen LogP contribution in [-0.4, -0.2) is 10.2 Å². The van der Waals surface area contributed by atoms with Crippen LogP contribution in [0.25, 0.3) is 11.3 Å². The van der Waals surface area contributed by atoms with Crippen molar-refractivity contribution in [2.24, 2.45) is 0 Å².